The third kappa shape index (κ3) is 4.80. The number of nitriles is 1. The van der Waals surface area contributed by atoms with E-state index in [1.807, 2.05) is 19.1 Å². The van der Waals surface area contributed by atoms with E-state index in [9.17, 15) is 14.9 Å². The lowest BCUT2D eigenvalue weighted by Gasteiger charge is -2.34. The summed E-state index contributed by atoms with van der Waals surface area (Å²) in [6.45, 7) is 5.42. The molecular formula is C26H26N4O3. The zero-order valence-electron chi connectivity index (χ0n) is 18.8. The van der Waals surface area contributed by atoms with Crippen LogP contribution in [-0.4, -0.2) is 36.6 Å². The molecule has 0 saturated carbocycles. The van der Waals surface area contributed by atoms with Crippen molar-refractivity contribution in [3.63, 3.8) is 0 Å². The van der Waals surface area contributed by atoms with Crippen molar-refractivity contribution in [3.05, 3.63) is 65.4 Å². The number of amides is 1. The van der Waals surface area contributed by atoms with Crippen LogP contribution in [0.2, 0.25) is 0 Å². The standard InChI is InChI=1S/C26H26N4O3/c1-3-33-26(32)19-5-4-6-21(14-19)29-25(31)18-9-11-30(12-10-18)24-20(15-27)16-28-23-8-7-17(2)13-22(23)24/h4-8,13-14,16,18H,3,9-12H2,1-2H3,(H,29,31). The molecule has 0 bridgehead atoms. The number of carbonyl (C=O) groups excluding carboxylic acids is 2. The second-order valence-electron chi connectivity index (χ2n) is 8.20. The van der Waals surface area contributed by atoms with Crippen molar-refractivity contribution in [3.8, 4) is 6.07 Å². The Balaban J connectivity index is 1.46. The molecule has 2 heterocycles. The minimum atomic E-state index is -0.407. The molecule has 4 rings (SSSR count). The number of hydrogen-bond acceptors (Lipinski definition) is 6. The minimum absolute atomic E-state index is 0.0633. The number of pyridine rings is 1. The van der Waals surface area contributed by atoms with Gasteiger partial charge in [0.15, 0.2) is 0 Å². The van der Waals surface area contributed by atoms with Gasteiger partial charge >= 0.3 is 5.97 Å². The molecular weight excluding hydrogens is 416 g/mol. The quantitative estimate of drug-likeness (QED) is 0.587. The fourth-order valence-corrected chi connectivity index (χ4v) is 4.26. The van der Waals surface area contributed by atoms with E-state index in [0.29, 0.717) is 49.4 Å². The largest absolute Gasteiger partial charge is 0.462 e. The average molecular weight is 443 g/mol. The number of anilines is 2. The number of nitrogens with one attached hydrogen (secondary N) is 1. The molecule has 0 unspecified atom stereocenters. The lowest BCUT2D eigenvalue weighted by molar-refractivity contribution is -0.120. The molecule has 1 aromatic heterocycles. The van der Waals surface area contributed by atoms with E-state index in [0.717, 1.165) is 22.2 Å². The maximum Gasteiger partial charge on any atom is 0.338 e. The molecule has 0 atom stereocenters. The lowest BCUT2D eigenvalue weighted by atomic mass is 9.94. The number of carbonyl (C=O) groups is 2. The molecule has 1 N–H and O–H groups in total. The molecule has 0 spiro atoms. The van der Waals surface area contributed by atoms with E-state index in [2.05, 4.69) is 27.3 Å². The van der Waals surface area contributed by atoms with Crippen LogP contribution in [0.1, 0.15) is 41.3 Å². The van der Waals surface area contributed by atoms with E-state index in [-0.39, 0.29) is 11.8 Å². The first-order valence-electron chi connectivity index (χ1n) is 11.1. The van der Waals surface area contributed by atoms with Crippen LogP contribution < -0.4 is 10.2 Å². The fraction of sp³-hybridized carbons (Fsp3) is 0.308. The van der Waals surface area contributed by atoms with Gasteiger partial charge in [0.25, 0.3) is 0 Å². The zero-order chi connectivity index (χ0) is 23.4. The molecule has 0 radical (unpaired) electrons. The first kappa shape index (κ1) is 22.3. The van der Waals surface area contributed by atoms with Crippen molar-refractivity contribution in [1.82, 2.24) is 4.98 Å². The predicted octanol–water partition coefficient (Wildman–Crippen LogP) is 4.45. The molecule has 0 aliphatic carbocycles. The summed E-state index contributed by atoms with van der Waals surface area (Å²) in [7, 11) is 0. The van der Waals surface area contributed by atoms with Gasteiger partial charge in [-0.3, -0.25) is 9.78 Å². The molecule has 1 amide bonds. The summed E-state index contributed by atoms with van der Waals surface area (Å²) in [5, 5.41) is 13.6. The number of hydrogen-bond donors (Lipinski definition) is 1. The van der Waals surface area contributed by atoms with Crippen molar-refractivity contribution < 1.29 is 14.3 Å². The van der Waals surface area contributed by atoms with Crippen molar-refractivity contribution in [1.29, 1.82) is 5.26 Å². The molecule has 1 fully saturated rings. The van der Waals surface area contributed by atoms with E-state index >= 15 is 0 Å². The number of aryl methyl sites for hydroxylation is 1. The van der Waals surface area contributed by atoms with Gasteiger partial charge in [-0.1, -0.05) is 17.7 Å². The van der Waals surface area contributed by atoms with Crippen LogP contribution >= 0.6 is 0 Å². The first-order valence-corrected chi connectivity index (χ1v) is 11.1. The highest BCUT2D eigenvalue weighted by atomic mass is 16.5. The monoisotopic (exact) mass is 442 g/mol. The van der Waals surface area contributed by atoms with Crippen LogP contribution in [0.4, 0.5) is 11.4 Å². The zero-order valence-corrected chi connectivity index (χ0v) is 18.8. The number of benzene rings is 2. The van der Waals surface area contributed by atoms with Crippen LogP contribution in [0.3, 0.4) is 0 Å². The minimum Gasteiger partial charge on any atom is -0.462 e. The highest BCUT2D eigenvalue weighted by Crippen LogP contribution is 2.33. The van der Waals surface area contributed by atoms with E-state index < -0.39 is 5.97 Å². The predicted molar refractivity (Wildman–Crippen MR) is 127 cm³/mol. The second kappa shape index (κ2) is 9.70. The summed E-state index contributed by atoms with van der Waals surface area (Å²) in [6.07, 6.45) is 2.97. The maximum absolute atomic E-state index is 12.9. The van der Waals surface area contributed by atoms with Crippen molar-refractivity contribution in [2.24, 2.45) is 5.92 Å². The van der Waals surface area contributed by atoms with Gasteiger partial charge in [0, 0.05) is 36.3 Å². The molecule has 7 heteroatoms. The molecule has 2 aromatic carbocycles. The number of nitrogens with zero attached hydrogens (tertiary/aromatic N) is 3. The molecule has 3 aromatic rings. The molecule has 168 valence electrons. The molecule has 1 saturated heterocycles. The second-order valence-corrected chi connectivity index (χ2v) is 8.20. The van der Waals surface area contributed by atoms with Gasteiger partial charge in [0.1, 0.15) is 6.07 Å². The Morgan fingerprint density at radius 2 is 2.00 bits per heavy atom. The van der Waals surface area contributed by atoms with E-state index in [4.69, 9.17) is 4.74 Å². The Hall–Kier alpha value is -3.92. The summed E-state index contributed by atoms with van der Waals surface area (Å²) in [6, 6.07) is 15.1. The van der Waals surface area contributed by atoms with Gasteiger partial charge in [-0.2, -0.15) is 5.26 Å². The van der Waals surface area contributed by atoms with Gasteiger partial charge in [0.05, 0.1) is 28.9 Å². The van der Waals surface area contributed by atoms with Crippen LogP contribution in [0, 0.1) is 24.2 Å². The average Bonchev–Trinajstić information content (AvgIpc) is 2.83. The number of aromatic nitrogens is 1. The molecule has 1 aliphatic rings. The first-order chi connectivity index (χ1) is 16.0. The van der Waals surface area contributed by atoms with Crippen LogP contribution in [-0.2, 0) is 9.53 Å². The highest BCUT2D eigenvalue weighted by Gasteiger charge is 2.27. The Morgan fingerprint density at radius 1 is 1.21 bits per heavy atom. The van der Waals surface area contributed by atoms with E-state index in [1.165, 1.54) is 0 Å². The number of ether oxygens (including phenoxy) is 1. The van der Waals surface area contributed by atoms with Gasteiger partial charge in [0.2, 0.25) is 5.91 Å². The summed E-state index contributed by atoms with van der Waals surface area (Å²) in [5.74, 6) is -0.616. The van der Waals surface area contributed by atoms with Crippen molar-refractivity contribution >= 4 is 34.2 Å². The Bertz CT molecular complexity index is 1240. The molecule has 1 aliphatic heterocycles. The third-order valence-corrected chi connectivity index (χ3v) is 5.94. The van der Waals surface area contributed by atoms with Crippen molar-refractivity contribution in [2.45, 2.75) is 26.7 Å². The van der Waals surface area contributed by atoms with Gasteiger partial charge in [-0.25, -0.2) is 4.79 Å². The smallest absolute Gasteiger partial charge is 0.338 e. The topological polar surface area (TPSA) is 95.3 Å². The summed E-state index contributed by atoms with van der Waals surface area (Å²) >= 11 is 0. The highest BCUT2D eigenvalue weighted by molar-refractivity contribution is 5.97. The SMILES string of the molecule is CCOC(=O)c1cccc(NC(=O)C2CCN(c3c(C#N)cnc4ccc(C)cc34)CC2)c1. The van der Waals surface area contributed by atoms with Crippen LogP contribution in [0.15, 0.2) is 48.7 Å². The lowest BCUT2D eigenvalue weighted by Crippen LogP contribution is -2.38. The number of esters is 1. The molecule has 7 nitrogen and oxygen atoms in total. The number of rotatable bonds is 5. The maximum atomic E-state index is 12.9. The molecule has 33 heavy (non-hydrogen) atoms. The number of piperidine rings is 1. The summed E-state index contributed by atoms with van der Waals surface area (Å²) in [5.41, 5.74) is 4.40. The normalized spacial score (nSPS) is 14.0. The van der Waals surface area contributed by atoms with Crippen LogP contribution in [0.25, 0.3) is 10.9 Å². The Morgan fingerprint density at radius 3 is 2.73 bits per heavy atom. The van der Waals surface area contributed by atoms with Gasteiger partial charge < -0.3 is 15.0 Å². The Labute approximate surface area is 193 Å². The number of fused-ring (bicyclic) bond motifs is 1. The van der Waals surface area contributed by atoms with Gasteiger partial charge in [-0.15, -0.1) is 0 Å². The summed E-state index contributed by atoms with van der Waals surface area (Å²) in [4.78, 5) is 31.5. The fourth-order valence-electron chi connectivity index (χ4n) is 4.26. The van der Waals surface area contributed by atoms with Crippen molar-refractivity contribution in [2.75, 3.05) is 29.9 Å². The third-order valence-electron chi connectivity index (χ3n) is 5.94. The van der Waals surface area contributed by atoms with Crippen LogP contribution in [0.5, 0.6) is 0 Å². The summed E-state index contributed by atoms with van der Waals surface area (Å²) < 4.78 is 5.03. The Kier molecular flexibility index (Phi) is 6.55. The van der Waals surface area contributed by atoms with Gasteiger partial charge in [-0.05, 0) is 57.0 Å². The van der Waals surface area contributed by atoms with E-state index in [1.54, 1.807) is 37.4 Å².